The molecule has 0 saturated heterocycles. The standard InChI is InChI=1S/C18H22O2S/c1-13(2)17(19)12-15-6-4-5-7-18(15)21(20)16-10-8-14(3)9-11-16/h4-11,13,17,19H,12H2,1-3H3/t17-,21?/m0/s1. The summed E-state index contributed by atoms with van der Waals surface area (Å²) in [6, 6.07) is 15.4. The Kier molecular flexibility index (Phi) is 5.32. The zero-order chi connectivity index (χ0) is 15.4. The van der Waals surface area contributed by atoms with Crippen molar-refractivity contribution >= 4 is 10.8 Å². The van der Waals surface area contributed by atoms with Gasteiger partial charge in [-0.25, -0.2) is 4.21 Å². The predicted molar refractivity (Wildman–Crippen MR) is 86.8 cm³/mol. The molecule has 0 radical (unpaired) electrons. The van der Waals surface area contributed by atoms with Gasteiger partial charge in [-0.05, 0) is 43.0 Å². The summed E-state index contributed by atoms with van der Waals surface area (Å²) in [5.41, 5.74) is 2.11. The van der Waals surface area contributed by atoms with Crippen molar-refractivity contribution in [2.24, 2.45) is 5.92 Å². The van der Waals surface area contributed by atoms with Gasteiger partial charge in [0.2, 0.25) is 0 Å². The van der Waals surface area contributed by atoms with Crippen molar-refractivity contribution < 1.29 is 9.32 Å². The number of benzene rings is 2. The van der Waals surface area contributed by atoms with Gasteiger partial charge in [-0.15, -0.1) is 0 Å². The summed E-state index contributed by atoms with van der Waals surface area (Å²) in [6.07, 6.45) is 0.118. The van der Waals surface area contributed by atoms with Crippen LogP contribution in [0.4, 0.5) is 0 Å². The van der Waals surface area contributed by atoms with E-state index in [0.29, 0.717) is 6.42 Å². The fraction of sp³-hybridized carbons (Fsp3) is 0.333. The van der Waals surface area contributed by atoms with Crippen LogP contribution in [0, 0.1) is 12.8 Å². The number of hydrogen-bond donors (Lipinski definition) is 1. The zero-order valence-corrected chi connectivity index (χ0v) is 13.6. The second-order valence-electron chi connectivity index (χ2n) is 5.70. The Labute approximate surface area is 129 Å². The van der Waals surface area contributed by atoms with Gasteiger partial charge in [0.05, 0.1) is 16.9 Å². The minimum absolute atomic E-state index is 0.186. The molecule has 0 aliphatic carbocycles. The van der Waals surface area contributed by atoms with E-state index < -0.39 is 16.9 Å². The highest BCUT2D eigenvalue weighted by Gasteiger charge is 2.16. The first-order chi connectivity index (χ1) is 9.99. The largest absolute Gasteiger partial charge is 0.393 e. The molecular formula is C18H22O2S. The molecule has 0 saturated carbocycles. The van der Waals surface area contributed by atoms with Crippen LogP contribution in [-0.2, 0) is 17.2 Å². The molecule has 0 aliphatic rings. The normalized spacial score (nSPS) is 14.1. The van der Waals surface area contributed by atoms with Crippen LogP contribution in [-0.4, -0.2) is 15.4 Å². The molecule has 2 nitrogen and oxygen atoms in total. The van der Waals surface area contributed by atoms with Gasteiger partial charge in [0.25, 0.3) is 0 Å². The maximum Gasteiger partial charge on any atom is 0.0852 e. The third-order valence-corrected chi connectivity index (χ3v) is 5.10. The van der Waals surface area contributed by atoms with Gasteiger partial charge < -0.3 is 5.11 Å². The summed E-state index contributed by atoms with van der Waals surface area (Å²) in [5, 5.41) is 10.1. The minimum Gasteiger partial charge on any atom is -0.393 e. The van der Waals surface area contributed by atoms with E-state index in [9.17, 15) is 9.32 Å². The number of aliphatic hydroxyl groups excluding tert-OH is 1. The summed E-state index contributed by atoms with van der Waals surface area (Å²) in [5.74, 6) is 0.186. The maximum atomic E-state index is 12.8. The summed E-state index contributed by atoms with van der Waals surface area (Å²) < 4.78 is 12.8. The van der Waals surface area contributed by atoms with Crippen molar-refractivity contribution in [2.75, 3.05) is 0 Å². The van der Waals surface area contributed by atoms with E-state index >= 15 is 0 Å². The van der Waals surface area contributed by atoms with Crippen molar-refractivity contribution in [3.8, 4) is 0 Å². The van der Waals surface area contributed by atoms with Gasteiger partial charge in [0.1, 0.15) is 0 Å². The fourth-order valence-electron chi connectivity index (χ4n) is 2.10. The summed E-state index contributed by atoms with van der Waals surface area (Å²) in [4.78, 5) is 1.59. The van der Waals surface area contributed by atoms with Crippen molar-refractivity contribution in [3.63, 3.8) is 0 Å². The van der Waals surface area contributed by atoms with Crippen LogP contribution >= 0.6 is 0 Å². The summed E-state index contributed by atoms with van der Waals surface area (Å²) in [7, 11) is -1.21. The van der Waals surface area contributed by atoms with Crippen LogP contribution < -0.4 is 0 Å². The predicted octanol–water partition coefficient (Wildman–Crippen LogP) is 3.72. The molecule has 0 amide bonds. The molecule has 2 aromatic rings. The highest BCUT2D eigenvalue weighted by atomic mass is 32.2. The van der Waals surface area contributed by atoms with Crippen LogP contribution in [0.2, 0.25) is 0 Å². The first-order valence-electron chi connectivity index (χ1n) is 7.23. The summed E-state index contributed by atoms with van der Waals surface area (Å²) in [6.45, 7) is 5.99. The first kappa shape index (κ1) is 15.9. The maximum absolute atomic E-state index is 12.8. The number of rotatable bonds is 5. The van der Waals surface area contributed by atoms with Crippen LogP contribution in [0.25, 0.3) is 0 Å². The molecule has 0 bridgehead atoms. The lowest BCUT2D eigenvalue weighted by atomic mass is 9.99. The van der Waals surface area contributed by atoms with E-state index in [0.717, 1.165) is 20.9 Å². The smallest absolute Gasteiger partial charge is 0.0852 e. The van der Waals surface area contributed by atoms with Gasteiger partial charge >= 0.3 is 0 Å². The lowest BCUT2D eigenvalue weighted by Gasteiger charge is -2.16. The molecule has 1 N–H and O–H groups in total. The third-order valence-electron chi connectivity index (χ3n) is 3.61. The molecular weight excluding hydrogens is 280 g/mol. The second kappa shape index (κ2) is 7.01. The molecule has 0 aliphatic heterocycles. The Balaban J connectivity index is 2.31. The van der Waals surface area contributed by atoms with Crippen LogP contribution in [0.1, 0.15) is 25.0 Å². The molecule has 2 atom stereocenters. The van der Waals surface area contributed by atoms with E-state index in [2.05, 4.69) is 0 Å². The quantitative estimate of drug-likeness (QED) is 0.914. The Hall–Kier alpha value is -1.45. The lowest BCUT2D eigenvalue weighted by molar-refractivity contribution is 0.125. The van der Waals surface area contributed by atoms with Crippen LogP contribution in [0.15, 0.2) is 58.3 Å². The van der Waals surface area contributed by atoms with Crippen LogP contribution in [0.3, 0.4) is 0 Å². The number of aliphatic hydroxyl groups is 1. The minimum atomic E-state index is -1.21. The van der Waals surface area contributed by atoms with Gasteiger partial charge in [-0.1, -0.05) is 49.7 Å². The second-order valence-corrected chi connectivity index (χ2v) is 7.15. The first-order valence-corrected chi connectivity index (χ1v) is 8.38. The monoisotopic (exact) mass is 302 g/mol. The van der Waals surface area contributed by atoms with E-state index in [1.807, 2.05) is 69.3 Å². The Morgan fingerprint density at radius 2 is 1.67 bits per heavy atom. The Bertz CT molecular complexity index is 617. The third kappa shape index (κ3) is 4.02. The molecule has 0 aromatic heterocycles. The molecule has 0 fully saturated rings. The molecule has 21 heavy (non-hydrogen) atoms. The summed E-state index contributed by atoms with van der Waals surface area (Å²) >= 11 is 0. The molecule has 2 aromatic carbocycles. The highest BCUT2D eigenvalue weighted by Crippen LogP contribution is 2.23. The van der Waals surface area contributed by atoms with Crippen molar-refractivity contribution in [2.45, 2.75) is 43.1 Å². The number of hydrogen-bond acceptors (Lipinski definition) is 2. The SMILES string of the molecule is Cc1ccc(S(=O)c2ccccc2C[C@H](O)C(C)C)cc1. The van der Waals surface area contributed by atoms with E-state index in [1.165, 1.54) is 0 Å². The molecule has 0 heterocycles. The van der Waals surface area contributed by atoms with Crippen LogP contribution in [0.5, 0.6) is 0 Å². The van der Waals surface area contributed by atoms with E-state index in [4.69, 9.17) is 0 Å². The van der Waals surface area contributed by atoms with Crippen molar-refractivity contribution in [1.82, 2.24) is 0 Å². The lowest BCUT2D eigenvalue weighted by Crippen LogP contribution is -2.18. The molecule has 0 spiro atoms. The fourth-order valence-corrected chi connectivity index (χ4v) is 3.33. The van der Waals surface area contributed by atoms with Gasteiger partial charge in [0.15, 0.2) is 0 Å². The molecule has 1 unspecified atom stereocenters. The van der Waals surface area contributed by atoms with Gasteiger partial charge in [-0.2, -0.15) is 0 Å². The number of aryl methyl sites for hydroxylation is 1. The van der Waals surface area contributed by atoms with Crippen molar-refractivity contribution in [1.29, 1.82) is 0 Å². The average Bonchev–Trinajstić information content (AvgIpc) is 2.47. The van der Waals surface area contributed by atoms with Gasteiger partial charge in [-0.3, -0.25) is 0 Å². The molecule has 3 heteroatoms. The molecule has 2 rings (SSSR count). The average molecular weight is 302 g/mol. The van der Waals surface area contributed by atoms with Gasteiger partial charge in [0, 0.05) is 9.79 Å². The van der Waals surface area contributed by atoms with E-state index in [1.54, 1.807) is 0 Å². The molecule has 112 valence electrons. The highest BCUT2D eigenvalue weighted by molar-refractivity contribution is 7.85. The van der Waals surface area contributed by atoms with Crippen molar-refractivity contribution in [3.05, 3.63) is 59.7 Å². The Morgan fingerprint density at radius 3 is 2.29 bits per heavy atom. The topological polar surface area (TPSA) is 37.3 Å². The zero-order valence-electron chi connectivity index (χ0n) is 12.7. The Morgan fingerprint density at radius 1 is 1.05 bits per heavy atom. The van der Waals surface area contributed by atoms with E-state index in [-0.39, 0.29) is 5.92 Å².